The van der Waals surface area contributed by atoms with Crippen molar-refractivity contribution in [1.82, 2.24) is 0 Å². The number of halogens is 1. The molecular weight excluding hydrogens is 396 g/mol. The fraction of sp³-hybridized carbons (Fsp3) is 0.238. The number of hydrogen-bond donors (Lipinski definition) is 1. The monoisotopic (exact) mass is 414 g/mol. The van der Waals surface area contributed by atoms with Crippen LogP contribution in [0.1, 0.15) is 44.2 Å². The number of benzene rings is 1. The second kappa shape index (κ2) is 7.81. The van der Waals surface area contributed by atoms with Gasteiger partial charge in [0, 0.05) is 28.2 Å². The summed E-state index contributed by atoms with van der Waals surface area (Å²) in [7, 11) is 0. The van der Waals surface area contributed by atoms with Gasteiger partial charge in [0.05, 0.1) is 16.3 Å². The van der Waals surface area contributed by atoms with E-state index in [-0.39, 0.29) is 17.6 Å². The van der Waals surface area contributed by atoms with Crippen LogP contribution in [-0.2, 0) is 6.42 Å². The predicted octanol–water partition coefficient (Wildman–Crippen LogP) is 5.54. The van der Waals surface area contributed by atoms with E-state index >= 15 is 0 Å². The average Bonchev–Trinajstić information content (AvgIpc) is 3.22. The number of furan rings is 1. The van der Waals surface area contributed by atoms with Gasteiger partial charge in [0.15, 0.2) is 5.76 Å². The topological polar surface area (TPSA) is 62.6 Å². The molecule has 0 saturated carbocycles. The molecule has 1 aliphatic heterocycles. The third-order valence-corrected chi connectivity index (χ3v) is 6.10. The number of carbonyl (C=O) groups excluding carboxylic acids is 2. The van der Waals surface area contributed by atoms with Crippen LogP contribution >= 0.6 is 22.9 Å². The first kappa shape index (κ1) is 18.8. The molecule has 2 aromatic heterocycles. The van der Waals surface area contributed by atoms with Gasteiger partial charge >= 0.3 is 0 Å². The summed E-state index contributed by atoms with van der Waals surface area (Å²) in [5.41, 5.74) is 2.87. The minimum atomic E-state index is -0.313. The van der Waals surface area contributed by atoms with Gasteiger partial charge in [-0.2, -0.15) is 0 Å². The fourth-order valence-corrected chi connectivity index (χ4v) is 4.64. The van der Waals surface area contributed by atoms with Gasteiger partial charge in [-0.15, -0.1) is 11.3 Å². The van der Waals surface area contributed by atoms with E-state index in [4.69, 9.17) is 16.0 Å². The van der Waals surface area contributed by atoms with Crippen LogP contribution in [0.25, 0.3) is 0 Å². The number of rotatable bonds is 3. The third-order valence-electron chi connectivity index (χ3n) is 4.79. The minimum absolute atomic E-state index is 0.0580. The lowest BCUT2D eigenvalue weighted by Crippen LogP contribution is -2.31. The highest BCUT2D eigenvalue weighted by molar-refractivity contribution is 7.16. The van der Waals surface area contributed by atoms with E-state index in [2.05, 4.69) is 5.32 Å². The second-order valence-electron chi connectivity index (χ2n) is 6.74. The second-order valence-corrected chi connectivity index (χ2v) is 8.51. The standard InChI is InChI=1S/C21H19ClN2O3S/c1-13-9-11-27-19(13)20(25)23-15-7-5-14(6-8-15)21(26)24-10-3-2-4-17-16(24)12-18(22)28-17/h5-9,11-12H,2-4,10H2,1H3,(H,23,25). The molecule has 0 bridgehead atoms. The summed E-state index contributed by atoms with van der Waals surface area (Å²) in [4.78, 5) is 28.3. The van der Waals surface area contributed by atoms with Crippen molar-refractivity contribution in [1.29, 1.82) is 0 Å². The van der Waals surface area contributed by atoms with E-state index in [1.807, 2.05) is 17.9 Å². The molecule has 0 fully saturated rings. The molecule has 28 heavy (non-hydrogen) atoms. The number of amides is 2. The summed E-state index contributed by atoms with van der Waals surface area (Å²) < 4.78 is 5.91. The van der Waals surface area contributed by atoms with Crippen molar-refractivity contribution in [3.8, 4) is 0 Å². The van der Waals surface area contributed by atoms with Crippen molar-refractivity contribution in [2.45, 2.75) is 26.2 Å². The quantitative estimate of drug-likeness (QED) is 0.612. The molecule has 1 N–H and O–H groups in total. The lowest BCUT2D eigenvalue weighted by atomic mass is 10.1. The number of hydrogen-bond acceptors (Lipinski definition) is 4. The number of anilines is 2. The maximum atomic E-state index is 13.1. The van der Waals surface area contributed by atoms with Crippen molar-refractivity contribution in [3.63, 3.8) is 0 Å². The molecule has 4 rings (SSSR count). The van der Waals surface area contributed by atoms with Crippen LogP contribution in [0, 0.1) is 6.92 Å². The highest BCUT2D eigenvalue weighted by atomic mass is 35.5. The molecule has 3 heterocycles. The van der Waals surface area contributed by atoms with Gasteiger partial charge in [-0.3, -0.25) is 9.59 Å². The summed E-state index contributed by atoms with van der Waals surface area (Å²) in [6.45, 7) is 2.49. The Morgan fingerprint density at radius 3 is 2.68 bits per heavy atom. The molecule has 3 aromatic rings. The normalized spacial score (nSPS) is 13.7. The summed E-state index contributed by atoms with van der Waals surface area (Å²) in [6, 6.07) is 10.5. The van der Waals surface area contributed by atoms with Crippen molar-refractivity contribution in [2.24, 2.45) is 0 Å². The van der Waals surface area contributed by atoms with E-state index in [0.717, 1.165) is 35.4 Å². The maximum Gasteiger partial charge on any atom is 0.291 e. The van der Waals surface area contributed by atoms with E-state index in [1.54, 1.807) is 41.7 Å². The smallest absolute Gasteiger partial charge is 0.291 e. The van der Waals surface area contributed by atoms with E-state index in [1.165, 1.54) is 6.26 Å². The molecule has 0 spiro atoms. The first-order chi connectivity index (χ1) is 13.5. The zero-order valence-corrected chi connectivity index (χ0v) is 16.9. The molecule has 0 saturated heterocycles. The summed E-state index contributed by atoms with van der Waals surface area (Å²) in [5, 5.41) is 2.79. The molecule has 0 unspecified atom stereocenters. The Balaban J connectivity index is 1.51. The van der Waals surface area contributed by atoms with Crippen molar-refractivity contribution >= 4 is 46.1 Å². The lowest BCUT2D eigenvalue weighted by molar-refractivity contribution is 0.0983. The van der Waals surface area contributed by atoms with Crippen molar-refractivity contribution < 1.29 is 14.0 Å². The molecule has 0 aliphatic carbocycles. The van der Waals surface area contributed by atoms with Gasteiger partial charge in [0.25, 0.3) is 11.8 Å². The van der Waals surface area contributed by atoms with Gasteiger partial charge in [-0.05, 0) is 62.6 Å². The largest absolute Gasteiger partial charge is 0.459 e. The molecule has 0 radical (unpaired) electrons. The zero-order valence-electron chi connectivity index (χ0n) is 15.3. The van der Waals surface area contributed by atoms with E-state index in [0.29, 0.717) is 22.1 Å². The summed E-state index contributed by atoms with van der Waals surface area (Å²) in [5.74, 6) is -0.0874. The van der Waals surface area contributed by atoms with Crippen LogP contribution in [0.15, 0.2) is 47.1 Å². The van der Waals surface area contributed by atoms with Crippen LogP contribution in [0.2, 0.25) is 4.34 Å². The first-order valence-corrected chi connectivity index (χ1v) is 10.3. The molecular formula is C21H19ClN2O3S. The Morgan fingerprint density at radius 2 is 1.96 bits per heavy atom. The Bertz CT molecular complexity index is 1020. The van der Waals surface area contributed by atoms with E-state index in [9.17, 15) is 9.59 Å². The maximum absolute atomic E-state index is 13.1. The van der Waals surface area contributed by atoms with Crippen LogP contribution in [0.4, 0.5) is 11.4 Å². The molecule has 7 heteroatoms. The van der Waals surface area contributed by atoms with E-state index < -0.39 is 0 Å². The molecule has 0 atom stereocenters. The molecule has 1 aliphatic rings. The minimum Gasteiger partial charge on any atom is -0.459 e. The molecule has 144 valence electrons. The number of nitrogens with one attached hydrogen (secondary N) is 1. The Labute approximate surface area is 171 Å². The van der Waals surface area contributed by atoms with Crippen LogP contribution in [-0.4, -0.2) is 18.4 Å². The Morgan fingerprint density at radius 1 is 1.18 bits per heavy atom. The Hall–Kier alpha value is -2.57. The number of nitrogens with zero attached hydrogens (tertiary/aromatic N) is 1. The van der Waals surface area contributed by atoms with Gasteiger partial charge in [-0.1, -0.05) is 11.6 Å². The van der Waals surface area contributed by atoms with Crippen LogP contribution < -0.4 is 10.2 Å². The summed E-state index contributed by atoms with van der Waals surface area (Å²) in [6.07, 6.45) is 4.44. The Kier molecular flexibility index (Phi) is 5.24. The van der Waals surface area contributed by atoms with Crippen molar-refractivity contribution in [2.75, 3.05) is 16.8 Å². The van der Waals surface area contributed by atoms with Gasteiger partial charge in [0.2, 0.25) is 0 Å². The SMILES string of the molecule is Cc1ccoc1C(=O)Nc1ccc(C(=O)N2CCCCc3sc(Cl)cc32)cc1. The average molecular weight is 415 g/mol. The van der Waals surface area contributed by atoms with Gasteiger partial charge in [-0.25, -0.2) is 0 Å². The number of thiophene rings is 1. The highest BCUT2D eigenvalue weighted by Gasteiger charge is 2.24. The van der Waals surface area contributed by atoms with Crippen LogP contribution in [0.5, 0.6) is 0 Å². The molecule has 1 aromatic carbocycles. The van der Waals surface area contributed by atoms with Crippen LogP contribution in [0.3, 0.4) is 0 Å². The predicted molar refractivity (Wildman–Crippen MR) is 112 cm³/mol. The van der Waals surface area contributed by atoms with Gasteiger partial charge in [0.1, 0.15) is 0 Å². The number of fused-ring (bicyclic) bond motifs is 1. The van der Waals surface area contributed by atoms with Crippen molar-refractivity contribution in [3.05, 3.63) is 68.8 Å². The molecule has 2 amide bonds. The summed E-state index contributed by atoms with van der Waals surface area (Å²) >= 11 is 7.72. The number of carbonyl (C=O) groups is 2. The lowest BCUT2D eigenvalue weighted by Gasteiger charge is -2.21. The zero-order chi connectivity index (χ0) is 19.7. The first-order valence-electron chi connectivity index (χ1n) is 9.08. The molecule has 5 nitrogen and oxygen atoms in total. The third kappa shape index (κ3) is 3.70. The highest BCUT2D eigenvalue weighted by Crippen LogP contribution is 2.37. The fourth-order valence-electron chi connectivity index (χ4n) is 3.33. The van der Waals surface area contributed by atoms with Gasteiger partial charge < -0.3 is 14.6 Å². The number of aryl methyl sites for hydroxylation is 2.